The van der Waals surface area contributed by atoms with Crippen LogP contribution in [0.4, 0.5) is 5.69 Å². The van der Waals surface area contributed by atoms with Crippen molar-refractivity contribution in [2.75, 3.05) is 11.9 Å². The van der Waals surface area contributed by atoms with Gasteiger partial charge in [-0.25, -0.2) is 0 Å². The predicted octanol–water partition coefficient (Wildman–Crippen LogP) is 1.79. The maximum absolute atomic E-state index is 12.4. The summed E-state index contributed by atoms with van der Waals surface area (Å²) in [7, 11) is 0. The number of imide groups is 1. The largest absolute Gasteiger partial charge is 0.377 e. The fraction of sp³-hybridized carbons (Fsp3) is 0.158. The highest BCUT2D eigenvalue weighted by Crippen LogP contribution is 2.23. The Morgan fingerprint density at radius 2 is 1.58 bits per heavy atom. The number of amides is 2. The Bertz CT molecular complexity index is 1040. The SMILES string of the molecule is O=C1c2ccccc2C(=O)N1CCc1c(NCc2cccs2)c(=O)c1=O. The van der Waals surface area contributed by atoms with E-state index in [0.717, 1.165) is 9.78 Å². The molecule has 1 aromatic heterocycles. The molecular weight excluding hydrogens is 352 g/mol. The number of rotatable bonds is 6. The van der Waals surface area contributed by atoms with Crippen LogP contribution in [0, 0.1) is 0 Å². The van der Waals surface area contributed by atoms with Crippen LogP contribution in [-0.4, -0.2) is 23.3 Å². The lowest BCUT2D eigenvalue weighted by Crippen LogP contribution is -2.41. The maximum atomic E-state index is 12.4. The number of nitrogens with one attached hydrogen (secondary N) is 1. The molecule has 0 unspecified atom stereocenters. The average molecular weight is 366 g/mol. The smallest absolute Gasteiger partial charge is 0.261 e. The van der Waals surface area contributed by atoms with Crippen LogP contribution in [-0.2, 0) is 13.0 Å². The van der Waals surface area contributed by atoms with E-state index in [2.05, 4.69) is 5.32 Å². The normalized spacial score (nSPS) is 13.5. The second kappa shape index (κ2) is 6.34. The van der Waals surface area contributed by atoms with Gasteiger partial charge < -0.3 is 5.32 Å². The van der Waals surface area contributed by atoms with Gasteiger partial charge in [-0.15, -0.1) is 11.3 Å². The van der Waals surface area contributed by atoms with E-state index in [0.29, 0.717) is 28.9 Å². The Hall–Kier alpha value is -3.06. The van der Waals surface area contributed by atoms with Crippen molar-refractivity contribution in [2.24, 2.45) is 0 Å². The van der Waals surface area contributed by atoms with Crippen molar-refractivity contribution in [3.63, 3.8) is 0 Å². The van der Waals surface area contributed by atoms with Crippen LogP contribution >= 0.6 is 11.3 Å². The highest BCUT2D eigenvalue weighted by Gasteiger charge is 2.35. The van der Waals surface area contributed by atoms with E-state index in [9.17, 15) is 19.2 Å². The molecule has 0 radical (unpaired) electrons. The molecule has 0 saturated carbocycles. The van der Waals surface area contributed by atoms with Gasteiger partial charge in [0, 0.05) is 23.5 Å². The van der Waals surface area contributed by atoms with Crippen LogP contribution in [0.3, 0.4) is 0 Å². The number of fused-ring (bicyclic) bond motifs is 1. The van der Waals surface area contributed by atoms with E-state index >= 15 is 0 Å². The molecule has 0 fully saturated rings. The van der Waals surface area contributed by atoms with E-state index in [-0.39, 0.29) is 24.8 Å². The monoisotopic (exact) mass is 366 g/mol. The van der Waals surface area contributed by atoms with Gasteiger partial charge in [-0.05, 0) is 30.0 Å². The lowest BCUT2D eigenvalue weighted by atomic mass is 10.0. The van der Waals surface area contributed by atoms with Crippen molar-refractivity contribution in [1.29, 1.82) is 0 Å². The predicted molar refractivity (Wildman–Crippen MR) is 98.5 cm³/mol. The van der Waals surface area contributed by atoms with E-state index < -0.39 is 10.9 Å². The minimum Gasteiger partial charge on any atom is -0.377 e. The van der Waals surface area contributed by atoms with Crippen LogP contribution in [0.1, 0.15) is 31.2 Å². The van der Waals surface area contributed by atoms with Gasteiger partial charge >= 0.3 is 0 Å². The van der Waals surface area contributed by atoms with Gasteiger partial charge in [0.1, 0.15) is 0 Å². The van der Waals surface area contributed by atoms with Gasteiger partial charge in [0.05, 0.1) is 16.8 Å². The number of benzene rings is 1. The van der Waals surface area contributed by atoms with Crippen molar-refractivity contribution < 1.29 is 9.59 Å². The van der Waals surface area contributed by atoms with E-state index in [1.807, 2.05) is 17.5 Å². The third-order valence-electron chi connectivity index (χ3n) is 4.49. The van der Waals surface area contributed by atoms with Gasteiger partial charge in [-0.3, -0.25) is 24.1 Å². The average Bonchev–Trinajstić information content (AvgIpc) is 3.26. The number of thiophene rings is 1. The molecule has 0 bridgehead atoms. The molecule has 2 amide bonds. The molecule has 0 saturated heterocycles. The summed E-state index contributed by atoms with van der Waals surface area (Å²) in [5.41, 5.74) is 0.300. The number of hydrogen-bond acceptors (Lipinski definition) is 6. The first-order valence-electron chi connectivity index (χ1n) is 8.11. The van der Waals surface area contributed by atoms with Gasteiger partial charge in [0.15, 0.2) is 0 Å². The number of carbonyl (C=O) groups is 2. The molecule has 3 aromatic rings. The molecule has 7 heteroatoms. The van der Waals surface area contributed by atoms with Crippen molar-refractivity contribution in [1.82, 2.24) is 4.90 Å². The minimum absolute atomic E-state index is 0.0743. The number of anilines is 1. The van der Waals surface area contributed by atoms with Crippen molar-refractivity contribution in [2.45, 2.75) is 13.0 Å². The van der Waals surface area contributed by atoms with Crippen LogP contribution in [0.2, 0.25) is 0 Å². The van der Waals surface area contributed by atoms with Gasteiger partial charge in [-0.1, -0.05) is 18.2 Å². The van der Waals surface area contributed by atoms with Gasteiger partial charge in [-0.2, -0.15) is 0 Å². The van der Waals surface area contributed by atoms with E-state index in [1.165, 1.54) is 0 Å². The highest BCUT2D eigenvalue weighted by atomic mass is 32.1. The lowest BCUT2D eigenvalue weighted by Gasteiger charge is -2.17. The Balaban J connectivity index is 1.47. The Morgan fingerprint density at radius 1 is 0.885 bits per heavy atom. The maximum Gasteiger partial charge on any atom is 0.261 e. The van der Waals surface area contributed by atoms with Crippen LogP contribution < -0.4 is 16.2 Å². The molecule has 0 aliphatic carbocycles. The van der Waals surface area contributed by atoms with E-state index in [4.69, 9.17) is 0 Å². The zero-order valence-corrected chi connectivity index (χ0v) is 14.5. The fourth-order valence-electron chi connectivity index (χ4n) is 3.12. The molecule has 130 valence electrons. The Kier molecular flexibility index (Phi) is 4.00. The molecule has 1 N–H and O–H groups in total. The van der Waals surface area contributed by atoms with E-state index in [1.54, 1.807) is 35.6 Å². The summed E-state index contributed by atoms with van der Waals surface area (Å²) in [4.78, 5) is 50.6. The summed E-state index contributed by atoms with van der Waals surface area (Å²) in [6, 6.07) is 10.5. The Morgan fingerprint density at radius 3 is 2.19 bits per heavy atom. The number of nitrogens with zero attached hydrogens (tertiary/aromatic N) is 1. The first-order chi connectivity index (χ1) is 12.6. The molecule has 2 heterocycles. The highest BCUT2D eigenvalue weighted by molar-refractivity contribution is 7.09. The zero-order valence-electron chi connectivity index (χ0n) is 13.7. The summed E-state index contributed by atoms with van der Waals surface area (Å²) in [5.74, 6) is -0.727. The second-order valence-corrected chi connectivity index (χ2v) is 7.03. The fourth-order valence-corrected chi connectivity index (χ4v) is 3.76. The molecule has 4 rings (SSSR count). The summed E-state index contributed by atoms with van der Waals surface area (Å²) in [6.45, 7) is 0.535. The van der Waals surface area contributed by atoms with Crippen LogP contribution in [0.15, 0.2) is 51.4 Å². The quantitative estimate of drug-likeness (QED) is 0.531. The van der Waals surface area contributed by atoms with Crippen molar-refractivity contribution in [3.8, 4) is 0 Å². The molecule has 0 atom stereocenters. The molecule has 26 heavy (non-hydrogen) atoms. The topological polar surface area (TPSA) is 83.6 Å². The first-order valence-corrected chi connectivity index (χ1v) is 8.99. The molecule has 1 aliphatic rings. The lowest BCUT2D eigenvalue weighted by molar-refractivity contribution is 0.0656. The minimum atomic E-state index is -0.546. The Labute approximate surface area is 152 Å². The summed E-state index contributed by atoms with van der Waals surface area (Å²) < 4.78 is 0. The van der Waals surface area contributed by atoms with Gasteiger partial charge in [0.25, 0.3) is 11.8 Å². The molecule has 2 aromatic carbocycles. The summed E-state index contributed by atoms with van der Waals surface area (Å²) in [5, 5.41) is 4.93. The number of hydrogen-bond donors (Lipinski definition) is 1. The van der Waals surface area contributed by atoms with Crippen LogP contribution in [0.5, 0.6) is 0 Å². The first kappa shape index (κ1) is 16.4. The molecular formula is C19H14N2O4S. The zero-order chi connectivity index (χ0) is 18.3. The van der Waals surface area contributed by atoms with Crippen molar-refractivity contribution in [3.05, 3.63) is 83.8 Å². The second-order valence-electron chi connectivity index (χ2n) is 6.00. The molecule has 0 spiro atoms. The van der Waals surface area contributed by atoms with Crippen LogP contribution in [0.25, 0.3) is 0 Å². The summed E-state index contributed by atoms with van der Waals surface area (Å²) >= 11 is 1.55. The molecule has 6 nitrogen and oxygen atoms in total. The number of carbonyl (C=O) groups excluding carboxylic acids is 2. The summed E-state index contributed by atoms with van der Waals surface area (Å²) in [6.07, 6.45) is 0.169. The van der Waals surface area contributed by atoms with Gasteiger partial charge in [0.2, 0.25) is 10.9 Å². The van der Waals surface area contributed by atoms with Crippen molar-refractivity contribution >= 4 is 28.8 Å². The standard InChI is InChI=1S/C19H14N2O4S/c22-16-14(15(17(16)23)20-10-11-4-3-9-26-11)7-8-21-18(24)12-5-1-2-6-13(12)19(21)25/h1-6,9,20H,7-8,10H2. The third-order valence-corrected chi connectivity index (χ3v) is 5.37. The molecule has 1 aliphatic heterocycles. The third kappa shape index (κ3) is 2.57.